The molecule has 29 heavy (non-hydrogen) atoms. The van der Waals surface area contributed by atoms with Gasteiger partial charge >= 0.3 is 0 Å². The Bertz CT molecular complexity index is 1070. The van der Waals surface area contributed by atoms with Gasteiger partial charge in [0.05, 0.1) is 17.3 Å². The third-order valence-corrected chi connectivity index (χ3v) is 4.22. The maximum atomic E-state index is 12.0. The minimum absolute atomic E-state index is 0.149. The molecule has 0 aliphatic heterocycles. The second-order valence-corrected chi connectivity index (χ2v) is 6.36. The number of carbonyl (C=O) groups is 1. The van der Waals surface area contributed by atoms with Crippen molar-refractivity contribution < 1.29 is 9.53 Å². The molecule has 3 rings (SSSR count). The monoisotopic (exact) mass is 384 g/mol. The summed E-state index contributed by atoms with van der Waals surface area (Å²) in [5.74, 6) is 0.221. The Morgan fingerprint density at radius 3 is 2.34 bits per heavy atom. The van der Waals surface area contributed by atoms with Crippen LogP contribution in [0.25, 0.3) is 11.1 Å². The van der Waals surface area contributed by atoms with Gasteiger partial charge in [0.2, 0.25) is 0 Å². The zero-order valence-electron chi connectivity index (χ0n) is 15.9. The van der Waals surface area contributed by atoms with E-state index >= 15 is 0 Å². The van der Waals surface area contributed by atoms with Gasteiger partial charge in [-0.15, -0.1) is 0 Å². The zero-order valence-corrected chi connectivity index (χ0v) is 15.9. The molecule has 0 aliphatic rings. The highest BCUT2D eigenvalue weighted by atomic mass is 16.5. The molecule has 0 unspecified atom stereocenters. The van der Waals surface area contributed by atoms with Gasteiger partial charge in [0.25, 0.3) is 5.91 Å². The highest BCUT2D eigenvalue weighted by Gasteiger charge is 2.04. The lowest BCUT2D eigenvalue weighted by Crippen LogP contribution is -2.25. The predicted octanol–water partition coefficient (Wildman–Crippen LogP) is 3.73. The molecule has 144 valence electrons. The van der Waals surface area contributed by atoms with Gasteiger partial charge in [-0.2, -0.15) is 10.4 Å². The predicted molar refractivity (Wildman–Crippen MR) is 113 cm³/mol. The van der Waals surface area contributed by atoms with Gasteiger partial charge in [0.1, 0.15) is 5.75 Å². The normalized spacial score (nSPS) is 10.8. The number of rotatable bonds is 6. The molecule has 3 aromatic carbocycles. The number of hydrogen-bond acceptors (Lipinski definition) is 5. The number of nitrogens with one attached hydrogen (secondary N) is 1. The Labute approximate surface area is 169 Å². The van der Waals surface area contributed by atoms with Crippen LogP contribution in [0.3, 0.4) is 0 Å². The maximum absolute atomic E-state index is 12.0. The fourth-order valence-corrected chi connectivity index (χ4v) is 2.64. The van der Waals surface area contributed by atoms with E-state index < -0.39 is 0 Å². The molecule has 6 nitrogen and oxygen atoms in total. The summed E-state index contributed by atoms with van der Waals surface area (Å²) < 4.78 is 5.51. The summed E-state index contributed by atoms with van der Waals surface area (Å²) in [5.41, 5.74) is 13.0. The van der Waals surface area contributed by atoms with Crippen molar-refractivity contribution in [1.29, 1.82) is 5.26 Å². The Morgan fingerprint density at radius 2 is 1.72 bits per heavy atom. The lowest BCUT2D eigenvalue weighted by Gasteiger charge is -2.07. The van der Waals surface area contributed by atoms with Crippen molar-refractivity contribution in [3.05, 3.63) is 83.9 Å². The van der Waals surface area contributed by atoms with Gasteiger partial charge in [0, 0.05) is 5.69 Å². The van der Waals surface area contributed by atoms with Crippen LogP contribution in [-0.2, 0) is 4.79 Å². The summed E-state index contributed by atoms with van der Waals surface area (Å²) in [6.45, 7) is 1.64. The quantitative estimate of drug-likeness (QED) is 0.384. The van der Waals surface area contributed by atoms with Gasteiger partial charge in [-0.25, -0.2) is 5.43 Å². The Hall–Kier alpha value is -4.11. The highest BCUT2D eigenvalue weighted by molar-refractivity contribution is 5.99. The lowest BCUT2D eigenvalue weighted by molar-refractivity contribution is -0.123. The Kier molecular flexibility index (Phi) is 6.23. The molecule has 3 N–H and O–H groups in total. The number of hydrogen-bond donors (Lipinski definition) is 2. The van der Waals surface area contributed by atoms with Crippen LogP contribution in [0.1, 0.15) is 18.1 Å². The van der Waals surface area contributed by atoms with Crippen molar-refractivity contribution in [2.45, 2.75) is 6.92 Å². The van der Waals surface area contributed by atoms with Crippen molar-refractivity contribution in [3.63, 3.8) is 0 Å². The second kappa shape index (κ2) is 9.20. The van der Waals surface area contributed by atoms with Crippen LogP contribution < -0.4 is 15.9 Å². The number of nitrogens with two attached hydrogens (primary N) is 1. The molecule has 0 saturated heterocycles. The minimum Gasteiger partial charge on any atom is -0.484 e. The van der Waals surface area contributed by atoms with E-state index in [1.807, 2.05) is 36.4 Å². The van der Waals surface area contributed by atoms with Crippen LogP contribution >= 0.6 is 0 Å². The van der Waals surface area contributed by atoms with Crippen molar-refractivity contribution in [2.24, 2.45) is 5.10 Å². The van der Waals surface area contributed by atoms with Crippen LogP contribution in [0.5, 0.6) is 5.75 Å². The first kappa shape index (κ1) is 19.6. The van der Waals surface area contributed by atoms with Crippen LogP contribution in [-0.4, -0.2) is 18.2 Å². The van der Waals surface area contributed by atoms with Crippen LogP contribution in [0.15, 0.2) is 77.9 Å². The van der Waals surface area contributed by atoms with Crippen molar-refractivity contribution in [1.82, 2.24) is 5.43 Å². The minimum atomic E-state index is -0.357. The molecule has 0 aliphatic carbocycles. The molecular formula is C23H20N4O2. The average molecular weight is 384 g/mol. The van der Waals surface area contributed by atoms with Crippen molar-refractivity contribution in [3.8, 4) is 22.9 Å². The highest BCUT2D eigenvalue weighted by Crippen LogP contribution is 2.22. The molecule has 0 atom stereocenters. The van der Waals surface area contributed by atoms with Crippen LogP contribution in [0.2, 0.25) is 0 Å². The number of amides is 1. The smallest absolute Gasteiger partial charge is 0.277 e. The number of nitrogens with zero attached hydrogens (tertiary/aromatic N) is 2. The standard InChI is InChI=1S/C23H20N4O2/c1-16(20-3-2-4-21(25)13-20)26-27-23(28)15-29-22-11-9-19(10-12-22)18-7-5-17(14-24)6-8-18/h2-13H,15,25H2,1H3,(H,27,28)/b26-16+. The summed E-state index contributed by atoms with van der Waals surface area (Å²) in [6.07, 6.45) is 0. The third kappa shape index (κ3) is 5.44. The number of carbonyl (C=O) groups excluding carboxylic acids is 1. The van der Waals surface area contributed by atoms with E-state index in [2.05, 4.69) is 16.6 Å². The first-order chi connectivity index (χ1) is 14.0. The first-order valence-electron chi connectivity index (χ1n) is 8.97. The van der Waals surface area contributed by atoms with E-state index in [9.17, 15) is 4.79 Å². The molecule has 0 heterocycles. The largest absolute Gasteiger partial charge is 0.484 e. The molecule has 1 amide bonds. The van der Waals surface area contributed by atoms with E-state index in [0.29, 0.717) is 22.7 Å². The number of benzene rings is 3. The van der Waals surface area contributed by atoms with Gasteiger partial charge in [-0.05, 0) is 60.0 Å². The van der Waals surface area contributed by atoms with Crippen LogP contribution in [0, 0.1) is 11.3 Å². The number of nitriles is 1. The van der Waals surface area contributed by atoms with Crippen molar-refractivity contribution in [2.75, 3.05) is 12.3 Å². The molecule has 0 saturated carbocycles. The zero-order chi connectivity index (χ0) is 20.6. The van der Waals surface area contributed by atoms with Gasteiger partial charge in [-0.3, -0.25) is 4.79 Å². The van der Waals surface area contributed by atoms with Crippen molar-refractivity contribution >= 4 is 17.3 Å². The lowest BCUT2D eigenvalue weighted by atomic mass is 10.0. The molecular weight excluding hydrogens is 364 g/mol. The molecule has 0 radical (unpaired) electrons. The van der Waals surface area contributed by atoms with Gasteiger partial charge in [0.15, 0.2) is 6.61 Å². The third-order valence-electron chi connectivity index (χ3n) is 4.22. The average Bonchev–Trinajstić information content (AvgIpc) is 2.76. The van der Waals surface area contributed by atoms with E-state index in [1.165, 1.54) is 0 Å². The van der Waals surface area contributed by atoms with Gasteiger partial charge < -0.3 is 10.5 Å². The van der Waals surface area contributed by atoms with E-state index in [1.54, 1.807) is 43.3 Å². The summed E-state index contributed by atoms with van der Waals surface area (Å²) in [6, 6.07) is 24.1. The van der Waals surface area contributed by atoms with Gasteiger partial charge in [-0.1, -0.05) is 36.4 Å². The molecule has 0 aromatic heterocycles. The first-order valence-corrected chi connectivity index (χ1v) is 8.97. The Balaban J connectivity index is 1.53. The molecule has 3 aromatic rings. The topological polar surface area (TPSA) is 100 Å². The summed E-state index contributed by atoms with van der Waals surface area (Å²) >= 11 is 0. The molecule has 0 fully saturated rings. The molecule has 0 bridgehead atoms. The van der Waals surface area contributed by atoms with E-state index in [0.717, 1.165) is 16.7 Å². The SMILES string of the molecule is C/C(=N\NC(=O)COc1ccc(-c2ccc(C#N)cc2)cc1)c1cccc(N)c1. The van der Waals surface area contributed by atoms with E-state index in [4.69, 9.17) is 15.7 Å². The summed E-state index contributed by atoms with van der Waals surface area (Å²) in [7, 11) is 0. The summed E-state index contributed by atoms with van der Waals surface area (Å²) in [4.78, 5) is 12.0. The molecule has 6 heteroatoms. The Morgan fingerprint density at radius 1 is 1.07 bits per heavy atom. The second-order valence-electron chi connectivity index (χ2n) is 6.36. The fraction of sp³-hybridized carbons (Fsp3) is 0.0870. The fourth-order valence-electron chi connectivity index (χ4n) is 2.64. The molecule has 0 spiro atoms. The van der Waals surface area contributed by atoms with Crippen LogP contribution in [0.4, 0.5) is 5.69 Å². The number of anilines is 1. The summed E-state index contributed by atoms with van der Waals surface area (Å²) in [5, 5.41) is 12.9. The number of ether oxygens (including phenoxy) is 1. The number of hydrazone groups is 1. The van der Waals surface area contributed by atoms with E-state index in [-0.39, 0.29) is 12.5 Å². The number of nitrogen functional groups attached to an aromatic ring is 1. The maximum Gasteiger partial charge on any atom is 0.277 e.